The van der Waals surface area contributed by atoms with Gasteiger partial charge in [-0.3, -0.25) is 10.1 Å². The standard InChI is InChI=1S/C14H18N6O4S/c1-9(14-18-17-13-4-2-3-7-19(13)14)16-11-6-5-10(25(15,23)24)8-12(11)20(21)22/h5-6,8-9,16H,2-4,7H2,1H3,(H2,15,23,24). The van der Waals surface area contributed by atoms with Gasteiger partial charge >= 0.3 is 0 Å². The van der Waals surface area contributed by atoms with Crippen molar-refractivity contribution in [2.24, 2.45) is 5.14 Å². The summed E-state index contributed by atoms with van der Waals surface area (Å²) in [6, 6.07) is 3.18. The number of nitrogens with zero attached hydrogens (tertiary/aromatic N) is 4. The van der Waals surface area contributed by atoms with Crippen LogP contribution in [0.1, 0.15) is 37.5 Å². The Morgan fingerprint density at radius 2 is 2.12 bits per heavy atom. The van der Waals surface area contributed by atoms with Crippen LogP contribution in [0.5, 0.6) is 0 Å². The lowest BCUT2D eigenvalue weighted by molar-refractivity contribution is -0.384. The molecule has 2 heterocycles. The summed E-state index contributed by atoms with van der Waals surface area (Å²) in [7, 11) is -4.02. The number of nitrogens with one attached hydrogen (secondary N) is 1. The normalized spacial score (nSPS) is 15.4. The third-order valence-electron chi connectivity index (χ3n) is 4.14. The van der Waals surface area contributed by atoms with Crippen molar-refractivity contribution in [2.45, 2.75) is 43.7 Å². The van der Waals surface area contributed by atoms with E-state index in [0.29, 0.717) is 5.82 Å². The third kappa shape index (κ3) is 3.46. The summed E-state index contributed by atoms with van der Waals surface area (Å²) >= 11 is 0. The predicted molar refractivity (Wildman–Crippen MR) is 89.5 cm³/mol. The molecule has 0 fully saturated rings. The summed E-state index contributed by atoms with van der Waals surface area (Å²) in [6.07, 6.45) is 2.97. The molecule has 1 aliphatic rings. The first kappa shape index (κ1) is 17.3. The second-order valence-corrected chi connectivity index (χ2v) is 7.49. The Kier molecular flexibility index (Phi) is 4.43. The third-order valence-corrected chi connectivity index (χ3v) is 5.05. The van der Waals surface area contributed by atoms with Crippen LogP contribution in [-0.2, 0) is 23.0 Å². The molecule has 1 unspecified atom stereocenters. The molecule has 0 radical (unpaired) electrons. The molecular weight excluding hydrogens is 348 g/mol. The Balaban J connectivity index is 1.92. The molecule has 25 heavy (non-hydrogen) atoms. The van der Waals surface area contributed by atoms with E-state index in [9.17, 15) is 18.5 Å². The van der Waals surface area contributed by atoms with E-state index in [1.54, 1.807) is 0 Å². The van der Waals surface area contributed by atoms with E-state index in [-0.39, 0.29) is 22.3 Å². The highest BCUT2D eigenvalue weighted by Crippen LogP contribution is 2.30. The maximum Gasteiger partial charge on any atom is 0.293 e. The van der Waals surface area contributed by atoms with Crippen molar-refractivity contribution in [1.82, 2.24) is 14.8 Å². The zero-order valence-electron chi connectivity index (χ0n) is 13.5. The first-order valence-electron chi connectivity index (χ1n) is 7.77. The summed E-state index contributed by atoms with van der Waals surface area (Å²) in [5.74, 6) is 1.61. The lowest BCUT2D eigenvalue weighted by Crippen LogP contribution is -2.18. The van der Waals surface area contributed by atoms with Crippen LogP contribution in [0.4, 0.5) is 11.4 Å². The highest BCUT2D eigenvalue weighted by Gasteiger charge is 2.24. The fraction of sp³-hybridized carbons (Fsp3) is 0.429. The molecule has 2 aromatic rings. The van der Waals surface area contributed by atoms with Crippen LogP contribution < -0.4 is 10.5 Å². The van der Waals surface area contributed by atoms with Gasteiger partial charge in [0.15, 0.2) is 5.82 Å². The molecule has 3 rings (SSSR count). The largest absolute Gasteiger partial charge is 0.370 e. The first-order valence-corrected chi connectivity index (χ1v) is 9.32. The Bertz CT molecular complexity index is 923. The zero-order chi connectivity index (χ0) is 18.2. The maximum atomic E-state index is 11.4. The Labute approximate surface area is 144 Å². The number of nitrogens with two attached hydrogens (primary N) is 1. The van der Waals surface area contributed by atoms with Crippen LogP contribution in [-0.4, -0.2) is 28.1 Å². The topological polar surface area (TPSA) is 146 Å². The van der Waals surface area contributed by atoms with Crippen molar-refractivity contribution in [3.8, 4) is 0 Å². The summed E-state index contributed by atoms with van der Waals surface area (Å²) < 4.78 is 24.8. The molecule has 1 aromatic heterocycles. The number of aromatic nitrogens is 3. The van der Waals surface area contributed by atoms with Gasteiger partial charge in [0, 0.05) is 19.0 Å². The minimum atomic E-state index is -4.02. The molecule has 0 amide bonds. The highest BCUT2D eigenvalue weighted by atomic mass is 32.2. The molecule has 1 aliphatic heterocycles. The van der Waals surface area contributed by atoms with E-state index in [2.05, 4.69) is 15.5 Å². The number of sulfonamides is 1. The molecule has 0 aliphatic carbocycles. The summed E-state index contributed by atoms with van der Waals surface area (Å²) in [5, 5.41) is 27.7. The number of rotatable bonds is 5. The molecule has 1 atom stereocenters. The maximum absolute atomic E-state index is 11.4. The van der Waals surface area contributed by atoms with Crippen LogP contribution in [0, 0.1) is 10.1 Å². The van der Waals surface area contributed by atoms with E-state index in [1.807, 2.05) is 11.5 Å². The van der Waals surface area contributed by atoms with E-state index < -0.39 is 14.9 Å². The van der Waals surface area contributed by atoms with Crippen molar-refractivity contribution < 1.29 is 13.3 Å². The van der Waals surface area contributed by atoms with E-state index >= 15 is 0 Å². The Morgan fingerprint density at radius 3 is 2.80 bits per heavy atom. The van der Waals surface area contributed by atoms with Crippen molar-refractivity contribution >= 4 is 21.4 Å². The number of benzene rings is 1. The fourth-order valence-corrected chi connectivity index (χ4v) is 3.44. The summed E-state index contributed by atoms with van der Waals surface area (Å²) in [4.78, 5) is 10.3. The van der Waals surface area contributed by atoms with Gasteiger partial charge in [0.2, 0.25) is 10.0 Å². The van der Waals surface area contributed by atoms with Gasteiger partial charge in [-0.05, 0) is 31.9 Å². The minimum absolute atomic E-state index is 0.193. The number of fused-ring (bicyclic) bond motifs is 1. The van der Waals surface area contributed by atoms with Crippen LogP contribution in [0.3, 0.4) is 0 Å². The number of anilines is 1. The fourth-order valence-electron chi connectivity index (χ4n) is 2.91. The lowest BCUT2D eigenvalue weighted by Gasteiger charge is -2.19. The summed E-state index contributed by atoms with van der Waals surface area (Å²) in [6.45, 7) is 2.64. The van der Waals surface area contributed by atoms with E-state index in [4.69, 9.17) is 5.14 Å². The summed E-state index contributed by atoms with van der Waals surface area (Å²) in [5.41, 5.74) is -0.171. The van der Waals surface area contributed by atoms with Gasteiger partial charge in [0.05, 0.1) is 15.9 Å². The van der Waals surface area contributed by atoms with E-state index in [0.717, 1.165) is 37.7 Å². The van der Waals surface area contributed by atoms with Gasteiger partial charge in [-0.1, -0.05) is 0 Å². The van der Waals surface area contributed by atoms with Crippen LogP contribution in [0.15, 0.2) is 23.1 Å². The van der Waals surface area contributed by atoms with Crippen molar-refractivity contribution in [3.05, 3.63) is 40.0 Å². The number of primary sulfonamides is 1. The molecular formula is C14H18N6O4S. The van der Waals surface area contributed by atoms with Gasteiger partial charge in [-0.2, -0.15) is 0 Å². The Morgan fingerprint density at radius 1 is 1.36 bits per heavy atom. The molecule has 0 bridgehead atoms. The second kappa shape index (κ2) is 6.41. The van der Waals surface area contributed by atoms with Crippen LogP contribution >= 0.6 is 0 Å². The second-order valence-electron chi connectivity index (χ2n) is 5.93. The monoisotopic (exact) mass is 366 g/mol. The average Bonchev–Trinajstić information content (AvgIpc) is 2.98. The van der Waals surface area contributed by atoms with Gasteiger partial charge in [0.1, 0.15) is 11.5 Å². The van der Waals surface area contributed by atoms with Crippen LogP contribution in [0.25, 0.3) is 0 Å². The van der Waals surface area contributed by atoms with E-state index in [1.165, 1.54) is 12.1 Å². The zero-order valence-corrected chi connectivity index (χ0v) is 14.4. The molecule has 0 saturated carbocycles. The number of hydrogen-bond acceptors (Lipinski definition) is 7. The highest BCUT2D eigenvalue weighted by molar-refractivity contribution is 7.89. The average molecular weight is 366 g/mol. The Hall–Kier alpha value is -2.53. The SMILES string of the molecule is CC(Nc1ccc(S(N)(=O)=O)cc1[N+](=O)[O-])c1nnc2n1CCCC2. The van der Waals surface area contributed by atoms with Crippen LogP contribution in [0.2, 0.25) is 0 Å². The molecule has 0 spiro atoms. The van der Waals surface area contributed by atoms with Gasteiger partial charge in [-0.15, -0.1) is 10.2 Å². The molecule has 134 valence electrons. The molecule has 10 nitrogen and oxygen atoms in total. The minimum Gasteiger partial charge on any atom is -0.370 e. The molecule has 11 heteroatoms. The smallest absolute Gasteiger partial charge is 0.293 e. The van der Waals surface area contributed by atoms with Gasteiger partial charge in [-0.25, -0.2) is 13.6 Å². The predicted octanol–water partition coefficient (Wildman–Crippen LogP) is 1.34. The number of nitro groups is 1. The quantitative estimate of drug-likeness (QED) is 0.599. The number of aryl methyl sites for hydroxylation is 1. The first-order chi connectivity index (χ1) is 11.8. The van der Waals surface area contributed by atoms with Crippen molar-refractivity contribution in [3.63, 3.8) is 0 Å². The molecule has 0 saturated heterocycles. The molecule has 1 aromatic carbocycles. The van der Waals surface area contributed by atoms with Gasteiger partial charge in [0.25, 0.3) is 5.69 Å². The molecule has 3 N–H and O–H groups in total. The number of hydrogen-bond donors (Lipinski definition) is 2. The number of nitro benzene ring substituents is 1. The van der Waals surface area contributed by atoms with Crippen molar-refractivity contribution in [1.29, 1.82) is 0 Å². The van der Waals surface area contributed by atoms with Crippen molar-refractivity contribution in [2.75, 3.05) is 5.32 Å². The van der Waals surface area contributed by atoms with Gasteiger partial charge < -0.3 is 9.88 Å². The lowest BCUT2D eigenvalue weighted by atomic mass is 10.1.